The molecule has 1 rings (SSSR count). The van der Waals surface area contributed by atoms with Gasteiger partial charge in [-0.15, -0.1) is 0 Å². The summed E-state index contributed by atoms with van der Waals surface area (Å²) < 4.78 is 5.24. The standard InChI is InChI=1S/C13H20N2O2S/c1-10-3-4-12(11(9-10)13(14)18)15(2)5-7-17-8-6-16/h3-4,9,16H,5-8H2,1-2H3,(H2,14,18). The van der Waals surface area contributed by atoms with Gasteiger partial charge in [0.15, 0.2) is 0 Å². The van der Waals surface area contributed by atoms with E-state index in [1.54, 1.807) is 0 Å². The highest BCUT2D eigenvalue weighted by Gasteiger charge is 2.09. The Morgan fingerprint density at radius 3 is 2.78 bits per heavy atom. The summed E-state index contributed by atoms with van der Waals surface area (Å²) in [5.74, 6) is 0. The van der Waals surface area contributed by atoms with Crippen molar-refractivity contribution < 1.29 is 9.84 Å². The first-order valence-corrected chi connectivity index (χ1v) is 6.27. The molecule has 1 aromatic rings. The van der Waals surface area contributed by atoms with Crippen molar-refractivity contribution in [3.63, 3.8) is 0 Å². The number of nitrogens with two attached hydrogens (primary N) is 1. The maximum Gasteiger partial charge on any atom is 0.106 e. The normalized spacial score (nSPS) is 10.4. The highest BCUT2D eigenvalue weighted by atomic mass is 32.1. The number of rotatable bonds is 7. The highest BCUT2D eigenvalue weighted by molar-refractivity contribution is 7.80. The van der Waals surface area contributed by atoms with Crippen molar-refractivity contribution in [1.29, 1.82) is 0 Å². The predicted molar refractivity (Wildman–Crippen MR) is 78.2 cm³/mol. The number of hydrogen-bond donors (Lipinski definition) is 2. The van der Waals surface area contributed by atoms with Crippen LogP contribution in [-0.4, -0.2) is 43.5 Å². The Morgan fingerprint density at radius 2 is 2.17 bits per heavy atom. The first-order valence-electron chi connectivity index (χ1n) is 5.86. The second-order valence-corrected chi connectivity index (χ2v) is 4.58. The van der Waals surface area contributed by atoms with Crippen LogP contribution in [0.2, 0.25) is 0 Å². The molecule has 1 aromatic carbocycles. The lowest BCUT2D eigenvalue weighted by Crippen LogP contribution is -2.26. The summed E-state index contributed by atoms with van der Waals surface area (Å²) in [6.07, 6.45) is 0. The van der Waals surface area contributed by atoms with Crippen LogP contribution in [0, 0.1) is 6.92 Å². The molecule has 100 valence electrons. The number of anilines is 1. The zero-order valence-corrected chi connectivity index (χ0v) is 11.7. The smallest absolute Gasteiger partial charge is 0.106 e. The van der Waals surface area contributed by atoms with Crippen LogP contribution in [0.3, 0.4) is 0 Å². The summed E-state index contributed by atoms with van der Waals surface area (Å²) in [6, 6.07) is 6.03. The largest absolute Gasteiger partial charge is 0.394 e. The number of ether oxygens (including phenoxy) is 1. The third kappa shape index (κ3) is 4.25. The lowest BCUT2D eigenvalue weighted by atomic mass is 10.1. The van der Waals surface area contributed by atoms with Crippen molar-refractivity contribution >= 4 is 22.9 Å². The van der Waals surface area contributed by atoms with Gasteiger partial charge < -0.3 is 20.5 Å². The van der Waals surface area contributed by atoms with Gasteiger partial charge in [0.2, 0.25) is 0 Å². The zero-order chi connectivity index (χ0) is 13.5. The molecule has 5 heteroatoms. The van der Waals surface area contributed by atoms with E-state index >= 15 is 0 Å². The van der Waals surface area contributed by atoms with Crippen LogP contribution in [0.1, 0.15) is 11.1 Å². The molecule has 0 radical (unpaired) electrons. The van der Waals surface area contributed by atoms with E-state index in [0.717, 1.165) is 23.4 Å². The van der Waals surface area contributed by atoms with E-state index in [1.165, 1.54) is 0 Å². The molecule has 4 nitrogen and oxygen atoms in total. The molecule has 3 N–H and O–H groups in total. The monoisotopic (exact) mass is 268 g/mol. The summed E-state index contributed by atoms with van der Waals surface area (Å²) in [5.41, 5.74) is 8.75. The van der Waals surface area contributed by atoms with E-state index in [4.69, 9.17) is 27.8 Å². The maximum atomic E-state index is 8.62. The third-order valence-corrected chi connectivity index (χ3v) is 2.86. The fourth-order valence-corrected chi connectivity index (χ4v) is 1.83. The van der Waals surface area contributed by atoms with Crippen molar-refractivity contribution in [2.75, 3.05) is 38.3 Å². The first kappa shape index (κ1) is 14.9. The molecule has 0 aliphatic carbocycles. The second-order valence-electron chi connectivity index (χ2n) is 4.14. The summed E-state index contributed by atoms with van der Waals surface area (Å²) in [6.45, 7) is 3.70. The van der Waals surface area contributed by atoms with Crippen molar-refractivity contribution in [3.8, 4) is 0 Å². The van der Waals surface area contributed by atoms with Crippen LogP contribution < -0.4 is 10.6 Å². The van der Waals surface area contributed by atoms with Gasteiger partial charge in [0.1, 0.15) is 4.99 Å². The quantitative estimate of drug-likeness (QED) is 0.572. The van der Waals surface area contributed by atoms with Crippen LogP contribution in [0.5, 0.6) is 0 Å². The van der Waals surface area contributed by atoms with E-state index in [9.17, 15) is 0 Å². The molecule has 0 unspecified atom stereocenters. The topological polar surface area (TPSA) is 58.7 Å². The van der Waals surface area contributed by atoms with Gasteiger partial charge in [-0.05, 0) is 19.1 Å². The number of thiocarbonyl (C=S) groups is 1. The number of aryl methyl sites for hydroxylation is 1. The SMILES string of the molecule is Cc1ccc(N(C)CCOCCO)c(C(N)=S)c1. The van der Waals surface area contributed by atoms with E-state index in [-0.39, 0.29) is 6.61 Å². The maximum absolute atomic E-state index is 8.62. The van der Waals surface area contributed by atoms with Crippen LogP contribution >= 0.6 is 12.2 Å². The van der Waals surface area contributed by atoms with Gasteiger partial charge in [-0.2, -0.15) is 0 Å². The summed E-state index contributed by atoms with van der Waals surface area (Å²) >= 11 is 5.07. The molecule has 0 spiro atoms. The van der Waals surface area contributed by atoms with Gasteiger partial charge in [-0.25, -0.2) is 0 Å². The van der Waals surface area contributed by atoms with E-state index in [1.807, 2.05) is 37.1 Å². The Kier molecular flexibility index (Phi) is 6.04. The number of hydrogen-bond acceptors (Lipinski definition) is 4. The molecule has 0 saturated heterocycles. The molecule has 0 aliphatic rings. The summed E-state index contributed by atoms with van der Waals surface area (Å²) in [5, 5.41) is 8.62. The van der Waals surface area contributed by atoms with E-state index in [0.29, 0.717) is 18.2 Å². The number of aliphatic hydroxyl groups is 1. The van der Waals surface area contributed by atoms with Crippen molar-refractivity contribution in [3.05, 3.63) is 29.3 Å². The molecule has 18 heavy (non-hydrogen) atoms. The Labute approximate surface area is 113 Å². The third-order valence-electron chi connectivity index (χ3n) is 2.64. The Morgan fingerprint density at radius 1 is 1.44 bits per heavy atom. The highest BCUT2D eigenvalue weighted by Crippen LogP contribution is 2.20. The number of likely N-dealkylation sites (N-methyl/N-ethyl adjacent to an activating group) is 1. The predicted octanol–water partition coefficient (Wildman–Crippen LogP) is 1.07. The van der Waals surface area contributed by atoms with Crippen LogP contribution in [0.4, 0.5) is 5.69 Å². The molecular weight excluding hydrogens is 248 g/mol. The van der Waals surface area contributed by atoms with Crippen molar-refractivity contribution in [2.24, 2.45) is 5.73 Å². The first-order chi connectivity index (χ1) is 8.56. The Balaban J connectivity index is 2.72. The average molecular weight is 268 g/mol. The molecular formula is C13H20N2O2S. The fraction of sp³-hybridized carbons (Fsp3) is 0.462. The average Bonchev–Trinajstić information content (AvgIpc) is 2.34. The minimum absolute atomic E-state index is 0.0480. The van der Waals surface area contributed by atoms with Gasteiger partial charge in [0.05, 0.1) is 19.8 Å². The molecule has 0 fully saturated rings. The van der Waals surface area contributed by atoms with Crippen LogP contribution in [-0.2, 0) is 4.74 Å². The van der Waals surface area contributed by atoms with Gasteiger partial charge in [-0.1, -0.05) is 23.8 Å². The number of aliphatic hydroxyl groups excluding tert-OH is 1. The molecule has 0 aliphatic heterocycles. The Hall–Kier alpha value is -1.17. The van der Waals surface area contributed by atoms with Gasteiger partial charge in [-0.3, -0.25) is 0 Å². The molecule has 0 bridgehead atoms. The zero-order valence-electron chi connectivity index (χ0n) is 10.8. The minimum atomic E-state index is 0.0480. The fourth-order valence-electron chi connectivity index (χ4n) is 1.67. The van der Waals surface area contributed by atoms with Gasteiger partial charge in [0, 0.05) is 24.8 Å². The van der Waals surface area contributed by atoms with Gasteiger partial charge >= 0.3 is 0 Å². The number of nitrogens with zero attached hydrogens (tertiary/aromatic N) is 1. The molecule has 0 amide bonds. The summed E-state index contributed by atoms with van der Waals surface area (Å²) in [4.78, 5) is 2.45. The lowest BCUT2D eigenvalue weighted by molar-refractivity contribution is 0.0971. The lowest BCUT2D eigenvalue weighted by Gasteiger charge is -2.22. The number of benzene rings is 1. The molecule has 0 heterocycles. The van der Waals surface area contributed by atoms with Gasteiger partial charge in [0.25, 0.3) is 0 Å². The van der Waals surface area contributed by atoms with Crippen molar-refractivity contribution in [1.82, 2.24) is 0 Å². The van der Waals surface area contributed by atoms with Crippen LogP contribution in [0.25, 0.3) is 0 Å². The Bertz CT molecular complexity index is 410. The molecule has 0 aromatic heterocycles. The van der Waals surface area contributed by atoms with E-state index in [2.05, 4.69) is 0 Å². The second kappa shape index (κ2) is 7.31. The van der Waals surface area contributed by atoms with Crippen LogP contribution in [0.15, 0.2) is 18.2 Å². The van der Waals surface area contributed by atoms with Crippen molar-refractivity contribution in [2.45, 2.75) is 6.92 Å². The summed E-state index contributed by atoms with van der Waals surface area (Å²) in [7, 11) is 1.97. The van der Waals surface area contributed by atoms with E-state index < -0.39 is 0 Å². The molecule has 0 saturated carbocycles. The molecule has 0 atom stereocenters. The minimum Gasteiger partial charge on any atom is -0.394 e.